The van der Waals surface area contributed by atoms with Crippen LogP contribution in [0.2, 0.25) is 0 Å². The van der Waals surface area contributed by atoms with E-state index in [1.165, 1.54) is 29.7 Å². The Morgan fingerprint density at radius 3 is 2.75 bits per heavy atom. The number of nitrogens with zero attached hydrogens (tertiary/aromatic N) is 2. The zero-order chi connectivity index (χ0) is 20.1. The Hall–Kier alpha value is -1.79. The van der Waals surface area contributed by atoms with Crippen LogP contribution in [-0.2, 0) is 17.4 Å². The molecule has 2 aromatic rings. The van der Waals surface area contributed by atoms with Gasteiger partial charge in [0.2, 0.25) is 0 Å². The van der Waals surface area contributed by atoms with Gasteiger partial charge >= 0.3 is 0 Å². The first-order valence-electron chi connectivity index (χ1n) is 9.76. The molecule has 150 valence electrons. The van der Waals surface area contributed by atoms with Gasteiger partial charge in [-0.25, -0.2) is 4.21 Å². The van der Waals surface area contributed by atoms with Gasteiger partial charge in [-0.05, 0) is 54.5 Å². The molecule has 1 aliphatic heterocycles. The van der Waals surface area contributed by atoms with Gasteiger partial charge < -0.3 is 4.90 Å². The summed E-state index contributed by atoms with van der Waals surface area (Å²) < 4.78 is 13.6. The number of thioether (sulfide) groups is 1. The minimum Gasteiger partial charge on any atom is -0.308 e. The number of fused-ring (bicyclic) bond motifs is 1. The zero-order valence-corrected chi connectivity index (χ0v) is 18.4. The number of hydrogen-bond acceptors (Lipinski definition) is 3. The van der Waals surface area contributed by atoms with Crippen molar-refractivity contribution in [3.63, 3.8) is 0 Å². The molecule has 1 atom stereocenters. The SMILES string of the molecule is CCCCCSc1ccc2c(c1)CCN2C(=O)c1ccccc1N(C)S(C)=O. The first-order valence-corrected chi connectivity index (χ1v) is 12.3. The summed E-state index contributed by atoms with van der Waals surface area (Å²) in [6.45, 7) is 2.91. The number of carbonyl (C=O) groups excluding carboxylic acids is 1. The third-order valence-corrected chi connectivity index (χ3v) is 7.12. The normalized spacial score (nSPS) is 14.0. The van der Waals surface area contributed by atoms with Crippen molar-refractivity contribution in [3.05, 3.63) is 53.6 Å². The number of hydrogen-bond donors (Lipinski definition) is 0. The van der Waals surface area contributed by atoms with E-state index in [1.807, 2.05) is 40.9 Å². The summed E-state index contributed by atoms with van der Waals surface area (Å²) in [5.74, 6) is 1.11. The minimum atomic E-state index is -1.18. The molecule has 6 heteroatoms. The molecule has 1 heterocycles. The van der Waals surface area contributed by atoms with E-state index in [-0.39, 0.29) is 5.91 Å². The molecule has 2 aromatic carbocycles. The first kappa shape index (κ1) is 20.9. The molecule has 1 unspecified atom stereocenters. The van der Waals surface area contributed by atoms with Gasteiger partial charge in [0.25, 0.3) is 5.91 Å². The van der Waals surface area contributed by atoms with Crippen molar-refractivity contribution in [1.29, 1.82) is 0 Å². The molecule has 0 radical (unpaired) electrons. The van der Waals surface area contributed by atoms with Crippen molar-refractivity contribution < 1.29 is 9.00 Å². The predicted octanol–water partition coefficient (Wildman–Crippen LogP) is 4.90. The molecular weight excluding hydrogens is 388 g/mol. The fraction of sp³-hybridized carbons (Fsp3) is 0.409. The van der Waals surface area contributed by atoms with Crippen molar-refractivity contribution in [1.82, 2.24) is 0 Å². The second kappa shape index (κ2) is 9.61. The van der Waals surface area contributed by atoms with Crippen molar-refractivity contribution in [2.24, 2.45) is 0 Å². The standard InChI is InChI=1S/C22H28N2O2S2/c1-4-5-8-15-27-18-11-12-20-17(16-18)13-14-24(20)22(25)19-9-6-7-10-21(19)23(2)28(3)26/h6-7,9-12,16H,4-5,8,13-15H2,1-3H3. The lowest BCUT2D eigenvalue weighted by Crippen LogP contribution is -2.31. The van der Waals surface area contributed by atoms with Crippen LogP contribution >= 0.6 is 11.8 Å². The van der Waals surface area contributed by atoms with Gasteiger partial charge in [0.15, 0.2) is 0 Å². The highest BCUT2D eigenvalue weighted by Crippen LogP contribution is 2.34. The zero-order valence-electron chi connectivity index (χ0n) is 16.8. The van der Waals surface area contributed by atoms with E-state index in [0.717, 1.165) is 17.9 Å². The Kier molecular flexibility index (Phi) is 7.18. The van der Waals surface area contributed by atoms with Gasteiger partial charge in [0.05, 0.1) is 11.3 Å². The molecule has 0 aromatic heterocycles. The van der Waals surface area contributed by atoms with Gasteiger partial charge in [0, 0.05) is 30.4 Å². The van der Waals surface area contributed by atoms with Gasteiger partial charge in [-0.1, -0.05) is 31.9 Å². The highest BCUT2D eigenvalue weighted by molar-refractivity contribution is 7.99. The maximum Gasteiger partial charge on any atom is 0.260 e. The highest BCUT2D eigenvalue weighted by atomic mass is 32.2. The Bertz CT molecular complexity index is 869. The number of benzene rings is 2. The van der Waals surface area contributed by atoms with E-state index >= 15 is 0 Å². The van der Waals surface area contributed by atoms with Gasteiger partial charge in [-0.2, -0.15) is 0 Å². The van der Waals surface area contributed by atoms with Gasteiger partial charge in [-0.15, -0.1) is 11.8 Å². The number of unbranched alkanes of at least 4 members (excludes halogenated alkanes) is 2. The predicted molar refractivity (Wildman–Crippen MR) is 121 cm³/mol. The number of anilines is 2. The van der Waals surface area contributed by atoms with E-state index in [2.05, 4.69) is 25.1 Å². The summed E-state index contributed by atoms with van der Waals surface area (Å²) in [6.07, 6.45) is 6.25. The van der Waals surface area contributed by atoms with Crippen LogP contribution in [0.3, 0.4) is 0 Å². The number of carbonyl (C=O) groups is 1. The summed E-state index contributed by atoms with van der Waals surface area (Å²) in [5, 5.41) is 0. The average molecular weight is 417 g/mol. The molecular formula is C22H28N2O2S2. The molecule has 0 fully saturated rings. The molecule has 1 aliphatic rings. The van der Waals surface area contributed by atoms with Crippen LogP contribution in [0.25, 0.3) is 0 Å². The van der Waals surface area contributed by atoms with E-state index in [0.29, 0.717) is 17.8 Å². The van der Waals surface area contributed by atoms with Crippen LogP contribution in [0.1, 0.15) is 42.1 Å². The van der Waals surface area contributed by atoms with Crippen LogP contribution in [-0.4, -0.2) is 35.7 Å². The Morgan fingerprint density at radius 1 is 1.21 bits per heavy atom. The topological polar surface area (TPSA) is 40.6 Å². The van der Waals surface area contributed by atoms with Gasteiger partial charge in [0.1, 0.15) is 11.0 Å². The van der Waals surface area contributed by atoms with Crippen LogP contribution in [0.4, 0.5) is 11.4 Å². The van der Waals surface area contributed by atoms with Crippen LogP contribution < -0.4 is 9.21 Å². The van der Waals surface area contributed by atoms with Crippen LogP contribution in [0.15, 0.2) is 47.4 Å². The molecule has 1 amide bonds. The van der Waals surface area contributed by atoms with Crippen molar-refractivity contribution in [3.8, 4) is 0 Å². The van der Waals surface area contributed by atoms with Crippen molar-refractivity contribution in [2.45, 2.75) is 37.5 Å². The summed E-state index contributed by atoms with van der Waals surface area (Å²) in [7, 11) is 0.569. The molecule has 0 bridgehead atoms. The third-order valence-electron chi connectivity index (χ3n) is 5.07. The fourth-order valence-electron chi connectivity index (χ4n) is 3.43. The van der Waals surface area contributed by atoms with Gasteiger partial charge in [-0.3, -0.25) is 9.10 Å². The summed E-state index contributed by atoms with van der Waals surface area (Å²) in [4.78, 5) is 16.4. The molecule has 0 aliphatic carbocycles. The molecule has 3 rings (SSSR count). The number of para-hydroxylation sites is 1. The van der Waals surface area contributed by atoms with E-state index in [9.17, 15) is 9.00 Å². The average Bonchev–Trinajstić information content (AvgIpc) is 3.13. The lowest BCUT2D eigenvalue weighted by molar-refractivity contribution is 0.0990. The molecule has 28 heavy (non-hydrogen) atoms. The van der Waals surface area contributed by atoms with Crippen molar-refractivity contribution >= 4 is 40.0 Å². The Labute approximate surface area is 174 Å². The molecule has 0 N–H and O–H groups in total. The maximum absolute atomic E-state index is 13.3. The van der Waals surface area contributed by atoms with E-state index < -0.39 is 11.0 Å². The maximum atomic E-state index is 13.3. The Morgan fingerprint density at radius 2 is 2.00 bits per heavy atom. The summed E-state index contributed by atoms with van der Waals surface area (Å²) >= 11 is 1.90. The molecule has 4 nitrogen and oxygen atoms in total. The first-order chi connectivity index (χ1) is 13.5. The largest absolute Gasteiger partial charge is 0.308 e. The monoisotopic (exact) mass is 416 g/mol. The van der Waals surface area contributed by atoms with Crippen LogP contribution in [0.5, 0.6) is 0 Å². The summed E-state index contributed by atoms with van der Waals surface area (Å²) in [5.41, 5.74) is 3.52. The quantitative estimate of drug-likeness (QED) is 0.454. The molecule has 0 saturated carbocycles. The second-order valence-electron chi connectivity index (χ2n) is 6.99. The van der Waals surface area contributed by atoms with E-state index in [1.54, 1.807) is 17.6 Å². The smallest absolute Gasteiger partial charge is 0.260 e. The molecule has 0 saturated heterocycles. The molecule has 0 spiro atoms. The second-order valence-corrected chi connectivity index (χ2v) is 9.55. The van der Waals surface area contributed by atoms with E-state index in [4.69, 9.17) is 0 Å². The number of amides is 1. The number of rotatable bonds is 8. The Balaban J connectivity index is 1.79. The third kappa shape index (κ3) is 4.61. The lowest BCUT2D eigenvalue weighted by atomic mass is 10.1. The lowest BCUT2D eigenvalue weighted by Gasteiger charge is -2.23. The summed E-state index contributed by atoms with van der Waals surface area (Å²) in [6, 6.07) is 13.8. The minimum absolute atomic E-state index is 0.0324. The van der Waals surface area contributed by atoms with Crippen LogP contribution in [0, 0.1) is 0 Å². The highest BCUT2D eigenvalue weighted by Gasteiger charge is 2.28. The van der Waals surface area contributed by atoms with Crippen molar-refractivity contribution in [2.75, 3.05) is 34.8 Å². The fourth-order valence-corrected chi connectivity index (χ4v) is 4.84.